The molecule has 0 saturated heterocycles. The van der Waals surface area contributed by atoms with Crippen LogP contribution >= 0.6 is 0 Å². The molecule has 0 aliphatic rings. The van der Waals surface area contributed by atoms with E-state index < -0.39 is 0 Å². The number of ether oxygens (including phenoxy) is 1. The number of aromatic nitrogens is 3. The number of hydrogen-bond donors (Lipinski definition) is 2. The van der Waals surface area contributed by atoms with E-state index >= 15 is 0 Å². The summed E-state index contributed by atoms with van der Waals surface area (Å²) in [7, 11) is 0. The molecule has 2 heterocycles. The van der Waals surface area contributed by atoms with Crippen LogP contribution in [0, 0.1) is 0 Å². The SMILES string of the molecule is CCc1nncn1CCNC(=NCc1ccco1)NCCOc1ccccc1. The van der Waals surface area contributed by atoms with Gasteiger partial charge < -0.3 is 24.4 Å². The number of hydrogen-bond acceptors (Lipinski definition) is 5. The van der Waals surface area contributed by atoms with Crippen molar-refractivity contribution >= 4 is 5.96 Å². The summed E-state index contributed by atoms with van der Waals surface area (Å²) in [5, 5.41) is 14.7. The smallest absolute Gasteiger partial charge is 0.191 e. The standard InChI is InChI=1S/C20H26N6O2/c1-2-19-25-24-16-26(19)12-10-21-20(23-15-18-9-6-13-27-18)22-11-14-28-17-7-4-3-5-8-17/h3-9,13,16H,2,10-12,14-15H2,1H3,(H2,21,22,23). The Morgan fingerprint density at radius 1 is 1.14 bits per heavy atom. The van der Waals surface area contributed by atoms with Crippen molar-refractivity contribution in [1.29, 1.82) is 0 Å². The van der Waals surface area contributed by atoms with Crippen LogP contribution in [0.1, 0.15) is 18.5 Å². The Hall–Kier alpha value is -3.29. The molecule has 0 saturated carbocycles. The third-order valence-electron chi connectivity index (χ3n) is 4.04. The number of furan rings is 1. The second kappa shape index (κ2) is 10.8. The van der Waals surface area contributed by atoms with Crippen LogP contribution in [0.15, 0.2) is 64.5 Å². The van der Waals surface area contributed by atoms with Crippen LogP contribution in [0.5, 0.6) is 5.75 Å². The van der Waals surface area contributed by atoms with E-state index in [0.29, 0.717) is 32.2 Å². The maximum Gasteiger partial charge on any atom is 0.191 e. The van der Waals surface area contributed by atoms with Crippen LogP contribution in [0.2, 0.25) is 0 Å². The maximum absolute atomic E-state index is 5.72. The molecule has 3 rings (SSSR count). The minimum atomic E-state index is 0.467. The lowest BCUT2D eigenvalue weighted by Gasteiger charge is -2.14. The molecule has 1 aromatic carbocycles. The fraction of sp³-hybridized carbons (Fsp3) is 0.350. The predicted octanol–water partition coefficient (Wildman–Crippen LogP) is 2.25. The van der Waals surface area contributed by atoms with Crippen molar-refractivity contribution in [3.05, 3.63) is 66.6 Å². The highest BCUT2D eigenvalue weighted by Gasteiger charge is 2.03. The van der Waals surface area contributed by atoms with E-state index in [4.69, 9.17) is 9.15 Å². The molecule has 2 N–H and O–H groups in total. The lowest BCUT2D eigenvalue weighted by molar-refractivity contribution is 0.322. The van der Waals surface area contributed by atoms with Gasteiger partial charge in [0.2, 0.25) is 0 Å². The third kappa shape index (κ3) is 6.15. The molecule has 28 heavy (non-hydrogen) atoms. The molecule has 3 aromatic rings. The molecule has 8 heteroatoms. The van der Waals surface area contributed by atoms with Crippen LogP contribution in [0.4, 0.5) is 0 Å². The Morgan fingerprint density at radius 3 is 2.79 bits per heavy atom. The van der Waals surface area contributed by atoms with E-state index in [9.17, 15) is 0 Å². The van der Waals surface area contributed by atoms with Crippen LogP contribution in [0.3, 0.4) is 0 Å². The fourth-order valence-electron chi connectivity index (χ4n) is 2.62. The molecule has 0 unspecified atom stereocenters. The summed E-state index contributed by atoms with van der Waals surface area (Å²) in [6.45, 7) is 5.17. The largest absolute Gasteiger partial charge is 0.492 e. The van der Waals surface area contributed by atoms with Gasteiger partial charge in [-0.3, -0.25) is 0 Å². The highest BCUT2D eigenvalue weighted by Crippen LogP contribution is 2.07. The summed E-state index contributed by atoms with van der Waals surface area (Å²) in [6.07, 6.45) is 4.26. The summed E-state index contributed by atoms with van der Waals surface area (Å²) >= 11 is 0. The van der Waals surface area contributed by atoms with Crippen molar-refractivity contribution in [2.45, 2.75) is 26.4 Å². The van der Waals surface area contributed by atoms with E-state index in [1.807, 2.05) is 47.0 Å². The molecule has 0 aliphatic heterocycles. The lowest BCUT2D eigenvalue weighted by atomic mass is 10.3. The van der Waals surface area contributed by atoms with Crippen molar-refractivity contribution < 1.29 is 9.15 Å². The van der Waals surface area contributed by atoms with E-state index in [2.05, 4.69) is 32.7 Å². The average molecular weight is 382 g/mol. The molecular weight excluding hydrogens is 356 g/mol. The van der Waals surface area contributed by atoms with Crippen molar-refractivity contribution in [2.24, 2.45) is 4.99 Å². The number of nitrogens with one attached hydrogen (secondary N) is 2. The first-order chi connectivity index (χ1) is 13.8. The Labute approximate surface area is 164 Å². The maximum atomic E-state index is 5.72. The van der Waals surface area contributed by atoms with E-state index in [0.717, 1.165) is 30.3 Å². The zero-order valence-corrected chi connectivity index (χ0v) is 16.0. The van der Waals surface area contributed by atoms with Gasteiger partial charge in [0.25, 0.3) is 0 Å². The van der Waals surface area contributed by atoms with Crippen LogP contribution < -0.4 is 15.4 Å². The monoisotopic (exact) mass is 382 g/mol. The number of guanidine groups is 1. The first kappa shape index (κ1) is 19.5. The molecular formula is C20H26N6O2. The van der Waals surface area contributed by atoms with Crippen LogP contribution in [-0.4, -0.2) is 40.4 Å². The Bertz CT molecular complexity index is 830. The normalized spacial score (nSPS) is 11.4. The van der Waals surface area contributed by atoms with Gasteiger partial charge in [-0.05, 0) is 24.3 Å². The Balaban J connectivity index is 1.48. The second-order valence-corrected chi connectivity index (χ2v) is 6.05. The van der Waals surface area contributed by atoms with Crippen molar-refractivity contribution in [3.8, 4) is 5.75 Å². The molecule has 0 radical (unpaired) electrons. The van der Waals surface area contributed by atoms with Gasteiger partial charge in [0.1, 0.15) is 36.8 Å². The summed E-state index contributed by atoms with van der Waals surface area (Å²) in [6, 6.07) is 13.5. The zero-order valence-electron chi connectivity index (χ0n) is 16.0. The first-order valence-electron chi connectivity index (χ1n) is 9.44. The van der Waals surface area contributed by atoms with E-state index in [-0.39, 0.29) is 0 Å². The molecule has 0 spiro atoms. The lowest BCUT2D eigenvalue weighted by Crippen LogP contribution is -2.40. The van der Waals surface area contributed by atoms with Gasteiger partial charge in [0.05, 0.1) is 12.8 Å². The summed E-state index contributed by atoms with van der Waals surface area (Å²) in [5.74, 6) is 3.35. The summed E-state index contributed by atoms with van der Waals surface area (Å²) in [4.78, 5) is 4.58. The van der Waals surface area contributed by atoms with E-state index in [1.54, 1.807) is 12.6 Å². The molecule has 0 fully saturated rings. The van der Waals surface area contributed by atoms with Crippen molar-refractivity contribution in [2.75, 3.05) is 19.7 Å². The zero-order chi connectivity index (χ0) is 19.4. The molecule has 0 amide bonds. The number of benzene rings is 1. The van der Waals surface area contributed by atoms with Crippen LogP contribution in [0.25, 0.3) is 0 Å². The minimum Gasteiger partial charge on any atom is -0.492 e. The van der Waals surface area contributed by atoms with Gasteiger partial charge in [-0.15, -0.1) is 10.2 Å². The topological polar surface area (TPSA) is 89.5 Å². The minimum absolute atomic E-state index is 0.467. The van der Waals surface area contributed by atoms with Gasteiger partial charge in [0.15, 0.2) is 5.96 Å². The van der Waals surface area contributed by atoms with Gasteiger partial charge in [-0.25, -0.2) is 4.99 Å². The Morgan fingerprint density at radius 2 is 2.00 bits per heavy atom. The van der Waals surface area contributed by atoms with Crippen LogP contribution in [-0.2, 0) is 19.5 Å². The number of aliphatic imine (C=N–C) groups is 1. The summed E-state index contributed by atoms with van der Waals surface area (Å²) in [5.41, 5.74) is 0. The molecule has 0 bridgehead atoms. The number of nitrogens with zero attached hydrogens (tertiary/aromatic N) is 4. The Kier molecular flexibility index (Phi) is 7.48. The molecule has 8 nitrogen and oxygen atoms in total. The van der Waals surface area contributed by atoms with E-state index in [1.165, 1.54) is 0 Å². The number of aryl methyl sites for hydroxylation is 1. The highest BCUT2D eigenvalue weighted by atomic mass is 16.5. The van der Waals surface area contributed by atoms with Gasteiger partial charge in [-0.2, -0.15) is 0 Å². The number of rotatable bonds is 10. The fourth-order valence-corrected chi connectivity index (χ4v) is 2.62. The van der Waals surface area contributed by atoms with Gasteiger partial charge in [-0.1, -0.05) is 25.1 Å². The predicted molar refractivity (Wildman–Crippen MR) is 107 cm³/mol. The highest BCUT2D eigenvalue weighted by molar-refractivity contribution is 5.79. The first-order valence-corrected chi connectivity index (χ1v) is 9.44. The summed E-state index contributed by atoms with van der Waals surface area (Å²) < 4.78 is 13.1. The molecule has 2 aromatic heterocycles. The third-order valence-corrected chi connectivity index (χ3v) is 4.04. The molecule has 0 atom stereocenters. The van der Waals surface area contributed by atoms with Crippen molar-refractivity contribution in [3.63, 3.8) is 0 Å². The van der Waals surface area contributed by atoms with Gasteiger partial charge >= 0.3 is 0 Å². The molecule has 148 valence electrons. The quantitative estimate of drug-likeness (QED) is 0.318. The second-order valence-electron chi connectivity index (χ2n) is 6.05. The van der Waals surface area contributed by atoms with Gasteiger partial charge in [0, 0.05) is 19.5 Å². The number of para-hydroxylation sites is 1. The molecule has 0 aliphatic carbocycles. The van der Waals surface area contributed by atoms with Crippen molar-refractivity contribution in [1.82, 2.24) is 25.4 Å². The average Bonchev–Trinajstić information content (AvgIpc) is 3.41.